The van der Waals surface area contributed by atoms with Gasteiger partial charge in [0.1, 0.15) is 11.6 Å². The Morgan fingerprint density at radius 1 is 1.38 bits per heavy atom. The van der Waals surface area contributed by atoms with Crippen molar-refractivity contribution in [3.8, 4) is 11.4 Å². The monoisotopic (exact) mass is 397 g/mol. The van der Waals surface area contributed by atoms with Crippen molar-refractivity contribution in [2.24, 2.45) is 0 Å². The molecule has 2 aliphatic heterocycles. The van der Waals surface area contributed by atoms with Crippen molar-refractivity contribution >= 4 is 17.7 Å². The Balaban J connectivity index is 1.65. The highest BCUT2D eigenvalue weighted by Gasteiger charge is 2.27. The maximum atomic E-state index is 11.7. The molecule has 9 heteroatoms. The normalized spacial score (nSPS) is 18.8. The van der Waals surface area contributed by atoms with Crippen LogP contribution in [0.1, 0.15) is 25.1 Å². The third kappa shape index (κ3) is 4.30. The van der Waals surface area contributed by atoms with Crippen LogP contribution in [0.4, 0.5) is 16.4 Å². The van der Waals surface area contributed by atoms with Crippen LogP contribution in [-0.4, -0.2) is 59.9 Å². The van der Waals surface area contributed by atoms with Gasteiger partial charge in [-0.3, -0.25) is 5.32 Å². The number of anilines is 2. The topological polar surface area (TPSA) is 104 Å². The summed E-state index contributed by atoms with van der Waals surface area (Å²) in [5.74, 6) is 2.14. The van der Waals surface area contributed by atoms with Crippen molar-refractivity contribution < 1.29 is 9.53 Å². The molecule has 4 rings (SSSR count). The Morgan fingerprint density at radius 3 is 3.03 bits per heavy atom. The molecule has 154 valence electrons. The van der Waals surface area contributed by atoms with E-state index in [0.29, 0.717) is 31.4 Å². The van der Waals surface area contributed by atoms with E-state index in [1.54, 1.807) is 12.3 Å². The van der Waals surface area contributed by atoms with Crippen LogP contribution in [-0.2, 0) is 17.7 Å². The number of rotatable bonds is 4. The number of aromatic nitrogens is 3. The summed E-state index contributed by atoms with van der Waals surface area (Å²) in [5.41, 5.74) is 3.09. The summed E-state index contributed by atoms with van der Waals surface area (Å²) >= 11 is 0. The second-order valence-electron chi connectivity index (χ2n) is 7.26. The van der Waals surface area contributed by atoms with Crippen LogP contribution in [0.25, 0.3) is 11.4 Å². The zero-order valence-corrected chi connectivity index (χ0v) is 16.9. The molecule has 1 fully saturated rings. The lowest BCUT2D eigenvalue weighted by Crippen LogP contribution is -2.45. The standard InChI is InChI=1S/C20H27N7O2/c1-3-22-20(28)25-17-5-4-14(10-23-17)18-24-16-11-21-7-6-15(16)19(26-18)27-8-9-29-12-13(27)2/h4-5,10,13,21H,3,6-9,11-12H2,1-2H3,(H2,22,23,25,28)/t13-/m0/s1. The Labute approximate surface area is 170 Å². The van der Waals surface area contributed by atoms with E-state index in [9.17, 15) is 4.79 Å². The van der Waals surface area contributed by atoms with Gasteiger partial charge in [0.15, 0.2) is 5.82 Å². The molecule has 2 aliphatic rings. The summed E-state index contributed by atoms with van der Waals surface area (Å²) in [4.78, 5) is 28.1. The molecule has 29 heavy (non-hydrogen) atoms. The van der Waals surface area contributed by atoms with Gasteiger partial charge in [0.2, 0.25) is 0 Å². The second kappa shape index (κ2) is 8.71. The molecule has 0 spiro atoms. The zero-order chi connectivity index (χ0) is 20.2. The fourth-order valence-electron chi connectivity index (χ4n) is 3.67. The summed E-state index contributed by atoms with van der Waals surface area (Å²) < 4.78 is 5.61. The number of ether oxygens (including phenoxy) is 1. The van der Waals surface area contributed by atoms with Crippen molar-refractivity contribution in [1.82, 2.24) is 25.6 Å². The average Bonchev–Trinajstić information content (AvgIpc) is 2.74. The van der Waals surface area contributed by atoms with Crippen LogP contribution in [0, 0.1) is 0 Å². The Morgan fingerprint density at radius 2 is 2.28 bits per heavy atom. The number of pyridine rings is 1. The van der Waals surface area contributed by atoms with E-state index in [0.717, 1.165) is 43.1 Å². The number of amides is 2. The van der Waals surface area contributed by atoms with Crippen LogP contribution in [0.3, 0.4) is 0 Å². The van der Waals surface area contributed by atoms with E-state index in [1.807, 2.05) is 13.0 Å². The minimum atomic E-state index is -0.271. The lowest BCUT2D eigenvalue weighted by atomic mass is 10.0. The number of nitrogens with zero attached hydrogens (tertiary/aromatic N) is 4. The number of carbonyl (C=O) groups is 1. The van der Waals surface area contributed by atoms with Crippen molar-refractivity contribution in [3.05, 3.63) is 29.6 Å². The summed E-state index contributed by atoms with van der Waals surface area (Å²) in [7, 11) is 0. The van der Waals surface area contributed by atoms with Crippen LogP contribution in [0.2, 0.25) is 0 Å². The van der Waals surface area contributed by atoms with Gasteiger partial charge in [-0.2, -0.15) is 0 Å². The fraction of sp³-hybridized carbons (Fsp3) is 0.500. The molecule has 0 aromatic carbocycles. The number of hydrogen-bond acceptors (Lipinski definition) is 7. The van der Waals surface area contributed by atoms with Crippen molar-refractivity contribution in [1.29, 1.82) is 0 Å². The van der Waals surface area contributed by atoms with Gasteiger partial charge in [-0.15, -0.1) is 0 Å². The molecular weight excluding hydrogens is 370 g/mol. The molecule has 3 N–H and O–H groups in total. The van der Waals surface area contributed by atoms with Crippen molar-refractivity contribution in [2.75, 3.05) is 43.1 Å². The highest BCUT2D eigenvalue weighted by molar-refractivity contribution is 5.88. The molecule has 0 unspecified atom stereocenters. The first kappa shape index (κ1) is 19.5. The van der Waals surface area contributed by atoms with Gasteiger partial charge in [0, 0.05) is 37.0 Å². The minimum absolute atomic E-state index is 0.271. The summed E-state index contributed by atoms with van der Waals surface area (Å²) in [6, 6.07) is 3.65. The molecule has 4 heterocycles. The van der Waals surface area contributed by atoms with E-state index in [-0.39, 0.29) is 12.1 Å². The highest BCUT2D eigenvalue weighted by Crippen LogP contribution is 2.29. The summed E-state index contributed by atoms with van der Waals surface area (Å²) in [5, 5.41) is 8.79. The first-order valence-electron chi connectivity index (χ1n) is 10.1. The number of fused-ring (bicyclic) bond motifs is 1. The number of urea groups is 1. The SMILES string of the molecule is CCNC(=O)Nc1ccc(-c2nc3c(c(N4CCOC[C@@H]4C)n2)CCNC3)cn1. The summed E-state index contributed by atoms with van der Waals surface area (Å²) in [6.07, 6.45) is 2.62. The van der Waals surface area contributed by atoms with E-state index in [2.05, 4.69) is 32.8 Å². The molecule has 2 aromatic heterocycles. The highest BCUT2D eigenvalue weighted by atomic mass is 16.5. The molecule has 1 atom stereocenters. The van der Waals surface area contributed by atoms with Gasteiger partial charge in [-0.25, -0.2) is 19.7 Å². The number of nitrogens with one attached hydrogen (secondary N) is 3. The predicted octanol–water partition coefficient (Wildman–Crippen LogP) is 1.55. The van der Waals surface area contributed by atoms with Crippen LogP contribution in [0.15, 0.2) is 18.3 Å². The van der Waals surface area contributed by atoms with Gasteiger partial charge in [-0.05, 0) is 38.9 Å². The molecule has 0 saturated carbocycles. The Hall–Kier alpha value is -2.78. The van der Waals surface area contributed by atoms with Crippen molar-refractivity contribution in [3.63, 3.8) is 0 Å². The van der Waals surface area contributed by atoms with Gasteiger partial charge >= 0.3 is 6.03 Å². The van der Waals surface area contributed by atoms with Gasteiger partial charge in [-0.1, -0.05) is 0 Å². The van der Waals surface area contributed by atoms with Crippen molar-refractivity contribution in [2.45, 2.75) is 32.9 Å². The number of carbonyl (C=O) groups excluding carboxylic acids is 1. The minimum Gasteiger partial charge on any atom is -0.377 e. The zero-order valence-electron chi connectivity index (χ0n) is 16.9. The molecule has 9 nitrogen and oxygen atoms in total. The van der Waals surface area contributed by atoms with Crippen LogP contribution >= 0.6 is 0 Å². The first-order valence-corrected chi connectivity index (χ1v) is 10.1. The molecule has 0 bridgehead atoms. The maximum Gasteiger partial charge on any atom is 0.320 e. The van der Waals surface area contributed by atoms with Crippen LogP contribution < -0.4 is 20.9 Å². The largest absolute Gasteiger partial charge is 0.377 e. The second-order valence-corrected chi connectivity index (χ2v) is 7.26. The van der Waals surface area contributed by atoms with E-state index in [1.165, 1.54) is 5.56 Å². The third-order valence-corrected chi connectivity index (χ3v) is 5.16. The number of morpholine rings is 1. The van der Waals surface area contributed by atoms with Gasteiger partial charge in [0.05, 0.1) is 24.9 Å². The number of hydrogen-bond donors (Lipinski definition) is 3. The molecule has 1 saturated heterocycles. The molecular formula is C20H27N7O2. The average molecular weight is 397 g/mol. The molecule has 2 aromatic rings. The lowest BCUT2D eigenvalue weighted by Gasteiger charge is -2.36. The van der Waals surface area contributed by atoms with E-state index in [4.69, 9.17) is 14.7 Å². The lowest BCUT2D eigenvalue weighted by molar-refractivity contribution is 0.0984. The smallest absolute Gasteiger partial charge is 0.320 e. The van der Waals surface area contributed by atoms with E-state index >= 15 is 0 Å². The fourth-order valence-corrected chi connectivity index (χ4v) is 3.67. The third-order valence-electron chi connectivity index (χ3n) is 5.16. The molecule has 2 amide bonds. The van der Waals surface area contributed by atoms with E-state index < -0.39 is 0 Å². The Kier molecular flexibility index (Phi) is 5.86. The predicted molar refractivity (Wildman–Crippen MR) is 111 cm³/mol. The molecule has 0 aliphatic carbocycles. The van der Waals surface area contributed by atoms with Gasteiger partial charge in [0.25, 0.3) is 0 Å². The quantitative estimate of drug-likeness (QED) is 0.719. The van der Waals surface area contributed by atoms with Crippen LogP contribution in [0.5, 0.6) is 0 Å². The Bertz CT molecular complexity index is 872. The molecule has 0 radical (unpaired) electrons. The maximum absolute atomic E-state index is 11.7. The first-order chi connectivity index (χ1) is 14.2. The van der Waals surface area contributed by atoms with Gasteiger partial charge < -0.3 is 20.3 Å². The summed E-state index contributed by atoms with van der Waals surface area (Å²) in [6.45, 7) is 8.49.